The van der Waals surface area contributed by atoms with E-state index in [1.165, 1.54) is 6.07 Å². The van der Waals surface area contributed by atoms with Crippen molar-refractivity contribution in [3.63, 3.8) is 0 Å². The first-order valence-corrected chi connectivity index (χ1v) is 8.35. The summed E-state index contributed by atoms with van der Waals surface area (Å²) in [5.41, 5.74) is 0.597. The maximum Gasteiger partial charge on any atom is 0.320 e. The van der Waals surface area contributed by atoms with Crippen LogP contribution in [0.15, 0.2) is 24.3 Å². The second-order valence-corrected chi connectivity index (χ2v) is 6.20. The van der Waals surface area contributed by atoms with Crippen molar-refractivity contribution in [2.24, 2.45) is 0 Å². The standard InChI is InChI=1S/C17H23FN4O2/c1-14(23)19-6-10-21(11-7-19)17(24)22-12-8-20(9-13-22)16-5-3-2-4-15(16)18/h2-5H,6-13H2,1H3. The molecule has 0 aromatic heterocycles. The molecule has 2 fully saturated rings. The molecule has 7 heteroatoms. The van der Waals surface area contributed by atoms with Gasteiger partial charge in [-0.05, 0) is 12.1 Å². The van der Waals surface area contributed by atoms with Crippen molar-refractivity contribution >= 4 is 17.6 Å². The minimum absolute atomic E-state index is 0.0198. The SMILES string of the molecule is CC(=O)N1CCN(C(=O)N2CCN(c3ccccc3F)CC2)CC1. The number of para-hydroxylation sites is 1. The van der Waals surface area contributed by atoms with E-state index in [2.05, 4.69) is 0 Å². The molecule has 0 unspecified atom stereocenters. The molecule has 0 bridgehead atoms. The summed E-state index contributed by atoms with van der Waals surface area (Å²) in [5, 5.41) is 0. The molecule has 0 aliphatic carbocycles. The molecule has 1 aromatic rings. The highest BCUT2D eigenvalue weighted by atomic mass is 19.1. The molecule has 2 aliphatic rings. The molecular formula is C17H23FN4O2. The average molecular weight is 334 g/mol. The third kappa shape index (κ3) is 3.44. The molecule has 2 saturated heterocycles. The van der Waals surface area contributed by atoms with Crippen LogP contribution in [0.5, 0.6) is 0 Å². The van der Waals surface area contributed by atoms with Gasteiger partial charge >= 0.3 is 6.03 Å². The predicted octanol–water partition coefficient (Wildman–Crippen LogP) is 1.23. The van der Waals surface area contributed by atoms with Gasteiger partial charge in [0.25, 0.3) is 0 Å². The Kier molecular flexibility index (Phi) is 4.87. The fraction of sp³-hybridized carbons (Fsp3) is 0.529. The number of hydrogen-bond donors (Lipinski definition) is 0. The quantitative estimate of drug-likeness (QED) is 0.776. The second kappa shape index (κ2) is 7.07. The van der Waals surface area contributed by atoms with Crippen LogP contribution in [0.2, 0.25) is 0 Å². The molecule has 24 heavy (non-hydrogen) atoms. The molecule has 0 N–H and O–H groups in total. The smallest absolute Gasteiger partial charge is 0.320 e. The monoisotopic (exact) mass is 334 g/mol. The Bertz CT molecular complexity index is 608. The van der Waals surface area contributed by atoms with Gasteiger partial charge in [-0.25, -0.2) is 9.18 Å². The Hall–Kier alpha value is -2.31. The fourth-order valence-electron chi connectivity index (χ4n) is 3.26. The minimum atomic E-state index is -0.224. The molecule has 0 spiro atoms. The Morgan fingerprint density at radius 1 is 0.833 bits per heavy atom. The summed E-state index contributed by atoms with van der Waals surface area (Å²) in [6, 6.07) is 6.75. The largest absolute Gasteiger partial charge is 0.366 e. The highest BCUT2D eigenvalue weighted by Gasteiger charge is 2.28. The summed E-state index contributed by atoms with van der Waals surface area (Å²) in [7, 11) is 0. The van der Waals surface area contributed by atoms with E-state index in [4.69, 9.17) is 0 Å². The van der Waals surface area contributed by atoms with E-state index in [-0.39, 0.29) is 17.8 Å². The molecule has 0 saturated carbocycles. The van der Waals surface area contributed by atoms with E-state index in [0.29, 0.717) is 58.0 Å². The third-order valence-electron chi connectivity index (χ3n) is 4.74. The lowest BCUT2D eigenvalue weighted by Gasteiger charge is -2.41. The van der Waals surface area contributed by atoms with Gasteiger partial charge in [0, 0.05) is 59.3 Å². The third-order valence-corrected chi connectivity index (χ3v) is 4.74. The van der Waals surface area contributed by atoms with Crippen LogP contribution < -0.4 is 4.90 Å². The molecule has 3 amide bonds. The number of benzene rings is 1. The number of hydrogen-bond acceptors (Lipinski definition) is 3. The van der Waals surface area contributed by atoms with Gasteiger partial charge in [-0.15, -0.1) is 0 Å². The number of carbonyl (C=O) groups is 2. The van der Waals surface area contributed by atoms with Gasteiger partial charge in [0.1, 0.15) is 5.82 Å². The fourth-order valence-corrected chi connectivity index (χ4v) is 3.26. The van der Waals surface area contributed by atoms with Crippen molar-refractivity contribution in [1.29, 1.82) is 0 Å². The van der Waals surface area contributed by atoms with E-state index < -0.39 is 0 Å². The van der Waals surface area contributed by atoms with Crippen molar-refractivity contribution < 1.29 is 14.0 Å². The summed E-state index contributed by atoms with van der Waals surface area (Å²) >= 11 is 0. The maximum atomic E-state index is 13.9. The molecular weight excluding hydrogens is 311 g/mol. The van der Waals surface area contributed by atoms with Gasteiger partial charge in [0.2, 0.25) is 5.91 Å². The average Bonchev–Trinajstić information content (AvgIpc) is 2.62. The van der Waals surface area contributed by atoms with Crippen LogP contribution in [0.3, 0.4) is 0 Å². The predicted molar refractivity (Wildman–Crippen MR) is 89.4 cm³/mol. The van der Waals surface area contributed by atoms with Crippen LogP contribution in [0.25, 0.3) is 0 Å². The number of urea groups is 1. The van der Waals surface area contributed by atoms with Gasteiger partial charge in [-0.1, -0.05) is 12.1 Å². The van der Waals surface area contributed by atoms with Crippen LogP contribution in [-0.4, -0.2) is 79.0 Å². The molecule has 2 aliphatic heterocycles. The zero-order valence-electron chi connectivity index (χ0n) is 13.9. The molecule has 1 aromatic carbocycles. The van der Waals surface area contributed by atoms with Gasteiger partial charge in [-0.3, -0.25) is 4.79 Å². The number of amides is 3. The van der Waals surface area contributed by atoms with Crippen LogP contribution in [-0.2, 0) is 4.79 Å². The lowest BCUT2D eigenvalue weighted by molar-refractivity contribution is -0.130. The highest BCUT2D eigenvalue weighted by Crippen LogP contribution is 2.20. The molecule has 0 radical (unpaired) electrons. The van der Waals surface area contributed by atoms with Crippen LogP contribution in [0, 0.1) is 5.82 Å². The normalized spacial score (nSPS) is 18.8. The molecule has 2 heterocycles. The Labute approximate surface area is 141 Å². The van der Waals surface area contributed by atoms with E-state index in [0.717, 1.165) is 0 Å². The summed E-state index contributed by atoms with van der Waals surface area (Å²) < 4.78 is 13.9. The van der Waals surface area contributed by atoms with Crippen LogP contribution >= 0.6 is 0 Å². The summed E-state index contributed by atoms with van der Waals surface area (Å²) in [4.78, 5) is 31.3. The molecule has 130 valence electrons. The summed E-state index contributed by atoms with van der Waals surface area (Å²) in [6.45, 7) is 6.31. The number of rotatable bonds is 1. The zero-order chi connectivity index (χ0) is 17.1. The number of anilines is 1. The zero-order valence-corrected chi connectivity index (χ0v) is 13.9. The first-order chi connectivity index (χ1) is 11.6. The van der Waals surface area contributed by atoms with Gasteiger partial charge in [-0.2, -0.15) is 0 Å². The Morgan fingerprint density at radius 2 is 1.33 bits per heavy atom. The molecule has 3 rings (SSSR count). The Balaban J connectivity index is 1.52. The summed E-state index contributed by atoms with van der Waals surface area (Å²) in [6.07, 6.45) is 0. The van der Waals surface area contributed by atoms with Crippen molar-refractivity contribution in [1.82, 2.24) is 14.7 Å². The van der Waals surface area contributed by atoms with Gasteiger partial charge in [0.05, 0.1) is 5.69 Å². The molecule has 0 atom stereocenters. The van der Waals surface area contributed by atoms with E-state index >= 15 is 0 Å². The number of piperazine rings is 2. The van der Waals surface area contributed by atoms with E-state index in [1.807, 2.05) is 15.9 Å². The Morgan fingerprint density at radius 3 is 1.88 bits per heavy atom. The lowest BCUT2D eigenvalue weighted by Crippen LogP contribution is -2.57. The number of halogens is 1. The number of nitrogens with zero attached hydrogens (tertiary/aromatic N) is 4. The minimum Gasteiger partial charge on any atom is -0.366 e. The molecule has 6 nitrogen and oxygen atoms in total. The maximum absolute atomic E-state index is 13.9. The van der Waals surface area contributed by atoms with Crippen LogP contribution in [0.1, 0.15) is 6.92 Å². The van der Waals surface area contributed by atoms with E-state index in [1.54, 1.807) is 28.9 Å². The van der Waals surface area contributed by atoms with Crippen molar-refractivity contribution in [2.45, 2.75) is 6.92 Å². The lowest BCUT2D eigenvalue weighted by atomic mass is 10.2. The summed E-state index contributed by atoms with van der Waals surface area (Å²) in [5.74, 6) is -0.168. The van der Waals surface area contributed by atoms with Crippen molar-refractivity contribution in [2.75, 3.05) is 57.3 Å². The number of carbonyl (C=O) groups excluding carboxylic acids is 2. The van der Waals surface area contributed by atoms with Crippen molar-refractivity contribution in [3.05, 3.63) is 30.1 Å². The topological polar surface area (TPSA) is 47.1 Å². The van der Waals surface area contributed by atoms with Crippen LogP contribution in [0.4, 0.5) is 14.9 Å². The van der Waals surface area contributed by atoms with Crippen molar-refractivity contribution in [3.8, 4) is 0 Å². The van der Waals surface area contributed by atoms with Gasteiger partial charge in [0.15, 0.2) is 0 Å². The van der Waals surface area contributed by atoms with E-state index in [9.17, 15) is 14.0 Å². The second-order valence-electron chi connectivity index (χ2n) is 6.20. The highest BCUT2D eigenvalue weighted by molar-refractivity contribution is 5.76. The first-order valence-electron chi connectivity index (χ1n) is 8.35. The van der Waals surface area contributed by atoms with Gasteiger partial charge < -0.3 is 19.6 Å². The first kappa shape index (κ1) is 16.5.